The Morgan fingerprint density at radius 3 is 2.74 bits per heavy atom. The van der Waals surface area contributed by atoms with E-state index in [1.165, 1.54) is 12.4 Å². The topological polar surface area (TPSA) is 100 Å². The van der Waals surface area contributed by atoms with Crippen LogP contribution in [0.5, 0.6) is 0 Å². The summed E-state index contributed by atoms with van der Waals surface area (Å²) >= 11 is 0. The standard InChI is InChI=1S/C12H7F3N8/c13-12(14,15)10-20-9(21-22-10)7-8(6-4-17-18-5-6)23-3-1-2-16-11(23)19-7/h1-5H,(H,17,18)(H,20,21,22). The second-order valence-electron chi connectivity index (χ2n) is 4.59. The first-order valence-corrected chi connectivity index (χ1v) is 6.36. The van der Waals surface area contributed by atoms with Crippen molar-refractivity contribution >= 4 is 5.78 Å². The second kappa shape index (κ2) is 4.63. The highest BCUT2D eigenvalue weighted by atomic mass is 19.4. The van der Waals surface area contributed by atoms with Crippen molar-refractivity contribution in [1.29, 1.82) is 0 Å². The van der Waals surface area contributed by atoms with Gasteiger partial charge in [0.2, 0.25) is 17.4 Å². The summed E-state index contributed by atoms with van der Waals surface area (Å²) in [4.78, 5) is 11.8. The Morgan fingerprint density at radius 1 is 1.17 bits per heavy atom. The zero-order valence-corrected chi connectivity index (χ0v) is 11.2. The molecule has 0 saturated heterocycles. The van der Waals surface area contributed by atoms with Crippen LogP contribution in [0.25, 0.3) is 28.6 Å². The number of aromatic nitrogens is 8. The normalized spacial score (nSPS) is 12.1. The number of hydrogen-bond donors (Lipinski definition) is 2. The molecule has 0 radical (unpaired) electrons. The Bertz CT molecular complexity index is 966. The molecule has 4 aromatic heterocycles. The van der Waals surface area contributed by atoms with Gasteiger partial charge in [0.1, 0.15) is 5.69 Å². The van der Waals surface area contributed by atoms with Gasteiger partial charge in [-0.1, -0.05) is 0 Å². The van der Waals surface area contributed by atoms with Gasteiger partial charge in [-0.3, -0.25) is 14.6 Å². The highest BCUT2D eigenvalue weighted by Gasteiger charge is 2.36. The first kappa shape index (κ1) is 13.4. The van der Waals surface area contributed by atoms with Gasteiger partial charge >= 0.3 is 6.18 Å². The molecule has 0 saturated carbocycles. The van der Waals surface area contributed by atoms with Gasteiger partial charge in [0.15, 0.2) is 0 Å². The molecule has 4 aromatic rings. The van der Waals surface area contributed by atoms with Gasteiger partial charge < -0.3 is 0 Å². The molecule has 0 bridgehead atoms. The molecule has 116 valence electrons. The van der Waals surface area contributed by atoms with E-state index in [2.05, 4.69) is 30.2 Å². The first-order chi connectivity index (χ1) is 11.0. The van der Waals surface area contributed by atoms with Crippen LogP contribution in [0.3, 0.4) is 0 Å². The molecule has 8 nitrogen and oxygen atoms in total. The van der Waals surface area contributed by atoms with Crippen molar-refractivity contribution in [3.05, 3.63) is 36.7 Å². The summed E-state index contributed by atoms with van der Waals surface area (Å²) in [6.45, 7) is 0. The van der Waals surface area contributed by atoms with Crippen LogP contribution in [0, 0.1) is 0 Å². The molecule has 0 atom stereocenters. The number of nitrogens with zero attached hydrogens (tertiary/aromatic N) is 6. The molecule has 2 N–H and O–H groups in total. The van der Waals surface area contributed by atoms with Gasteiger partial charge in [-0.2, -0.15) is 23.4 Å². The smallest absolute Gasteiger partial charge is 0.285 e. The van der Waals surface area contributed by atoms with Crippen molar-refractivity contribution < 1.29 is 13.2 Å². The lowest BCUT2D eigenvalue weighted by molar-refractivity contribution is -0.144. The van der Waals surface area contributed by atoms with E-state index < -0.39 is 12.0 Å². The molecule has 11 heteroatoms. The third-order valence-corrected chi connectivity index (χ3v) is 3.14. The minimum Gasteiger partial charge on any atom is -0.285 e. The number of imidazole rings is 1. The Morgan fingerprint density at radius 2 is 2.04 bits per heavy atom. The molecule has 0 spiro atoms. The minimum absolute atomic E-state index is 0.168. The molecule has 0 unspecified atom stereocenters. The zero-order valence-electron chi connectivity index (χ0n) is 11.2. The molecule has 0 aliphatic heterocycles. The SMILES string of the molecule is FC(F)(F)c1nc(-c2nc3ncccn3c2-c2cn[nH]c2)n[nH]1. The van der Waals surface area contributed by atoms with Gasteiger partial charge in [-0.25, -0.2) is 15.0 Å². The fraction of sp³-hybridized carbons (Fsp3) is 0.0833. The summed E-state index contributed by atoms with van der Waals surface area (Å²) in [5.74, 6) is -1.04. The van der Waals surface area contributed by atoms with E-state index in [1.807, 2.05) is 5.10 Å². The van der Waals surface area contributed by atoms with Crippen molar-refractivity contribution in [1.82, 2.24) is 39.7 Å². The van der Waals surface area contributed by atoms with Crippen LogP contribution >= 0.6 is 0 Å². The summed E-state index contributed by atoms with van der Waals surface area (Å²) in [5.41, 5.74) is 1.30. The van der Waals surface area contributed by atoms with Crippen LogP contribution in [0.1, 0.15) is 5.82 Å². The van der Waals surface area contributed by atoms with Gasteiger partial charge in [0.05, 0.1) is 11.9 Å². The van der Waals surface area contributed by atoms with E-state index >= 15 is 0 Å². The molecule has 0 aliphatic carbocycles. The summed E-state index contributed by atoms with van der Waals surface area (Å²) in [5, 5.41) is 12.0. The average molecular weight is 320 g/mol. The van der Waals surface area contributed by atoms with Crippen LogP contribution < -0.4 is 0 Å². The molecule has 4 rings (SSSR count). The molecule has 0 aromatic carbocycles. The highest BCUT2D eigenvalue weighted by molar-refractivity contribution is 5.77. The van der Waals surface area contributed by atoms with E-state index in [1.54, 1.807) is 22.9 Å². The van der Waals surface area contributed by atoms with Crippen molar-refractivity contribution in [3.8, 4) is 22.8 Å². The number of nitrogens with one attached hydrogen (secondary N) is 2. The van der Waals surface area contributed by atoms with E-state index in [4.69, 9.17) is 0 Å². The molecular weight excluding hydrogens is 313 g/mol. The van der Waals surface area contributed by atoms with Gasteiger partial charge in [0, 0.05) is 24.2 Å². The van der Waals surface area contributed by atoms with E-state index in [0.29, 0.717) is 17.0 Å². The van der Waals surface area contributed by atoms with E-state index in [-0.39, 0.29) is 11.5 Å². The maximum atomic E-state index is 12.7. The second-order valence-corrected chi connectivity index (χ2v) is 4.59. The Hall–Kier alpha value is -3.24. The van der Waals surface area contributed by atoms with Crippen molar-refractivity contribution in [2.45, 2.75) is 6.18 Å². The van der Waals surface area contributed by atoms with Crippen molar-refractivity contribution in [3.63, 3.8) is 0 Å². The first-order valence-electron chi connectivity index (χ1n) is 6.36. The number of aromatic amines is 2. The molecular formula is C12H7F3N8. The van der Waals surface area contributed by atoms with Crippen LogP contribution in [0.15, 0.2) is 30.9 Å². The average Bonchev–Trinajstić information content (AvgIpc) is 3.24. The van der Waals surface area contributed by atoms with Crippen molar-refractivity contribution in [2.75, 3.05) is 0 Å². The Balaban J connectivity index is 1.97. The number of alkyl halides is 3. The number of hydrogen-bond acceptors (Lipinski definition) is 5. The fourth-order valence-electron chi connectivity index (χ4n) is 2.19. The van der Waals surface area contributed by atoms with Gasteiger partial charge in [-0.15, -0.1) is 0 Å². The predicted molar refractivity (Wildman–Crippen MR) is 70.9 cm³/mol. The van der Waals surface area contributed by atoms with Gasteiger partial charge in [-0.05, 0) is 6.07 Å². The molecule has 0 amide bonds. The van der Waals surface area contributed by atoms with Crippen LogP contribution in [0.4, 0.5) is 13.2 Å². The Labute approximate surface area is 125 Å². The number of halogens is 3. The quantitative estimate of drug-likeness (QED) is 0.588. The third-order valence-electron chi connectivity index (χ3n) is 3.14. The lowest BCUT2D eigenvalue weighted by Gasteiger charge is -2.00. The van der Waals surface area contributed by atoms with E-state index in [9.17, 15) is 13.2 Å². The predicted octanol–water partition coefficient (Wildman–Crippen LogP) is 1.92. The lowest BCUT2D eigenvalue weighted by atomic mass is 10.2. The van der Waals surface area contributed by atoms with Crippen LogP contribution in [-0.4, -0.2) is 39.7 Å². The van der Waals surface area contributed by atoms with Crippen molar-refractivity contribution in [2.24, 2.45) is 0 Å². The maximum absolute atomic E-state index is 12.7. The molecule has 23 heavy (non-hydrogen) atoms. The maximum Gasteiger partial charge on any atom is 0.451 e. The van der Waals surface area contributed by atoms with Crippen LogP contribution in [0.2, 0.25) is 0 Å². The molecule has 0 aliphatic rings. The summed E-state index contributed by atoms with van der Waals surface area (Å²) in [7, 11) is 0. The zero-order chi connectivity index (χ0) is 16.0. The number of H-pyrrole nitrogens is 2. The minimum atomic E-state index is -4.61. The number of rotatable bonds is 2. The highest BCUT2D eigenvalue weighted by Crippen LogP contribution is 2.32. The molecule has 0 fully saturated rings. The van der Waals surface area contributed by atoms with E-state index in [0.717, 1.165) is 0 Å². The number of fused-ring (bicyclic) bond motifs is 1. The summed E-state index contributed by atoms with van der Waals surface area (Å²) in [6, 6.07) is 1.68. The monoisotopic (exact) mass is 320 g/mol. The molecule has 4 heterocycles. The van der Waals surface area contributed by atoms with Gasteiger partial charge in [0.25, 0.3) is 0 Å². The largest absolute Gasteiger partial charge is 0.451 e. The summed E-state index contributed by atoms with van der Waals surface area (Å²) in [6.07, 6.45) is 1.73. The summed E-state index contributed by atoms with van der Waals surface area (Å²) < 4.78 is 39.8. The Kier molecular flexibility index (Phi) is 2.70. The third kappa shape index (κ3) is 2.13. The fourth-order valence-corrected chi connectivity index (χ4v) is 2.19. The lowest BCUT2D eigenvalue weighted by Crippen LogP contribution is -2.07. The van der Waals surface area contributed by atoms with Crippen LogP contribution in [-0.2, 0) is 6.18 Å².